The van der Waals surface area contributed by atoms with E-state index in [1.807, 2.05) is 24.3 Å². The molecule has 3 rings (SSSR count). The van der Waals surface area contributed by atoms with Crippen LogP contribution in [0.4, 0.5) is 5.69 Å². The number of non-ortho nitro benzene ring substituents is 1. The number of benzene rings is 2. The normalized spacial score (nSPS) is 17.3. The molecule has 25 heavy (non-hydrogen) atoms. The zero-order valence-corrected chi connectivity index (χ0v) is 14.3. The predicted octanol–water partition coefficient (Wildman–Crippen LogP) is 2.96. The molecule has 130 valence electrons. The fourth-order valence-electron chi connectivity index (χ4n) is 3.08. The molecular weight excluding hydrogens is 342 g/mol. The molecule has 0 spiro atoms. The number of nitrogens with one attached hydrogen (secondary N) is 1. The van der Waals surface area contributed by atoms with Crippen molar-refractivity contribution >= 4 is 23.2 Å². The van der Waals surface area contributed by atoms with Crippen molar-refractivity contribution in [3.8, 4) is 0 Å². The fourth-order valence-corrected chi connectivity index (χ4v) is 3.34. The number of nitrogens with zero attached hydrogens (tertiary/aromatic N) is 2. The molecule has 1 saturated heterocycles. The van der Waals surface area contributed by atoms with Crippen molar-refractivity contribution in [3.63, 3.8) is 0 Å². The van der Waals surface area contributed by atoms with E-state index in [1.54, 1.807) is 17.0 Å². The van der Waals surface area contributed by atoms with Crippen molar-refractivity contribution in [2.75, 3.05) is 19.6 Å². The number of carbonyl (C=O) groups is 1. The lowest BCUT2D eigenvalue weighted by Gasteiger charge is -2.37. The molecule has 1 fully saturated rings. The minimum absolute atomic E-state index is 0.00624. The molecule has 2 aromatic rings. The van der Waals surface area contributed by atoms with Crippen molar-refractivity contribution in [1.82, 2.24) is 10.2 Å². The number of piperazine rings is 1. The van der Waals surface area contributed by atoms with Crippen LogP contribution < -0.4 is 5.32 Å². The Hall–Kier alpha value is -2.44. The van der Waals surface area contributed by atoms with Gasteiger partial charge in [0.25, 0.3) is 5.69 Å². The number of nitro groups is 1. The zero-order valence-electron chi connectivity index (χ0n) is 13.5. The van der Waals surface area contributed by atoms with Gasteiger partial charge in [0.15, 0.2) is 0 Å². The van der Waals surface area contributed by atoms with E-state index in [0.29, 0.717) is 30.2 Å². The van der Waals surface area contributed by atoms with Gasteiger partial charge in [0, 0.05) is 36.8 Å². The minimum atomic E-state index is -0.453. The van der Waals surface area contributed by atoms with Crippen molar-refractivity contribution in [2.24, 2.45) is 0 Å². The second-order valence-corrected chi connectivity index (χ2v) is 6.34. The van der Waals surface area contributed by atoms with E-state index < -0.39 is 4.92 Å². The number of amides is 1. The van der Waals surface area contributed by atoms with E-state index in [0.717, 1.165) is 5.56 Å². The largest absolute Gasteiger partial charge is 0.333 e. The molecule has 7 heteroatoms. The van der Waals surface area contributed by atoms with Crippen LogP contribution in [0, 0.1) is 10.1 Å². The van der Waals surface area contributed by atoms with Gasteiger partial charge >= 0.3 is 0 Å². The zero-order chi connectivity index (χ0) is 17.8. The molecule has 6 nitrogen and oxygen atoms in total. The quantitative estimate of drug-likeness (QED) is 0.672. The maximum atomic E-state index is 12.8. The molecule has 1 atom stereocenters. The first kappa shape index (κ1) is 17.4. The van der Waals surface area contributed by atoms with Gasteiger partial charge in [-0.05, 0) is 17.2 Å². The standard InChI is InChI=1S/C18H18ClN3O3/c19-16-7-2-1-6-15(16)17-12-20-8-9-21(17)18(23)11-13-4-3-5-14(10-13)22(24)25/h1-7,10,17,20H,8-9,11-12H2. The van der Waals surface area contributed by atoms with Crippen LogP contribution in [0.25, 0.3) is 0 Å². The Labute approximate surface area is 150 Å². The molecule has 0 bridgehead atoms. The lowest BCUT2D eigenvalue weighted by Crippen LogP contribution is -2.49. The average Bonchev–Trinajstić information content (AvgIpc) is 2.62. The molecular formula is C18H18ClN3O3. The van der Waals surface area contributed by atoms with Gasteiger partial charge in [-0.15, -0.1) is 0 Å². The van der Waals surface area contributed by atoms with Crippen LogP contribution in [0.2, 0.25) is 5.02 Å². The van der Waals surface area contributed by atoms with Gasteiger partial charge in [0.2, 0.25) is 5.91 Å². The summed E-state index contributed by atoms with van der Waals surface area (Å²) in [5, 5.41) is 14.8. The first-order chi connectivity index (χ1) is 12.1. The van der Waals surface area contributed by atoms with Crippen LogP contribution in [0.5, 0.6) is 0 Å². The van der Waals surface area contributed by atoms with Gasteiger partial charge in [0.05, 0.1) is 17.4 Å². The summed E-state index contributed by atoms with van der Waals surface area (Å²) in [6.45, 7) is 1.91. The smallest absolute Gasteiger partial charge is 0.269 e. The van der Waals surface area contributed by atoms with Gasteiger partial charge < -0.3 is 10.2 Å². The Kier molecular flexibility index (Phi) is 5.31. The van der Waals surface area contributed by atoms with Gasteiger partial charge in [-0.2, -0.15) is 0 Å². The van der Waals surface area contributed by atoms with E-state index in [9.17, 15) is 14.9 Å². The van der Waals surface area contributed by atoms with Crippen LogP contribution in [-0.2, 0) is 11.2 Å². The molecule has 0 aromatic heterocycles. The van der Waals surface area contributed by atoms with E-state index in [1.165, 1.54) is 12.1 Å². The second-order valence-electron chi connectivity index (χ2n) is 5.93. The van der Waals surface area contributed by atoms with Crippen molar-refractivity contribution in [1.29, 1.82) is 0 Å². The summed E-state index contributed by atoms with van der Waals surface area (Å²) in [5.74, 6) is -0.0630. The highest BCUT2D eigenvalue weighted by molar-refractivity contribution is 6.31. The predicted molar refractivity (Wildman–Crippen MR) is 95.6 cm³/mol. The second kappa shape index (κ2) is 7.63. The molecule has 0 saturated carbocycles. The van der Waals surface area contributed by atoms with Crippen molar-refractivity contribution < 1.29 is 9.72 Å². The van der Waals surface area contributed by atoms with Gasteiger partial charge in [-0.3, -0.25) is 14.9 Å². The van der Waals surface area contributed by atoms with Crippen LogP contribution >= 0.6 is 11.6 Å². The van der Waals surface area contributed by atoms with Crippen LogP contribution in [0.1, 0.15) is 17.2 Å². The van der Waals surface area contributed by atoms with Crippen LogP contribution in [-0.4, -0.2) is 35.4 Å². The summed E-state index contributed by atoms with van der Waals surface area (Å²) < 4.78 is 0. The Morgan fingerprint density at radius 3 is 2.84 bits per heavy atom. The molecule has 0 aliphatic carbocycles. The fraction of sp³-hybridized carbons (Fsp3) is 0.278. The van der Waals surface area contributed by atoms with Crippen molar-refractivity contribution in [3.05, 3.63) is 74.8 Å². The third kappa shape index (κ3) is 3.97. The van der Waals surface area contributed by atoms with E-state index in [-0.39, 0.29) is 24.1 Å². The first-order valence-electron chi connectivity index (χ1n) is 8.04. The van der Waals surface area contributed by atoms with Crippen molar-refractivity contribution in [2.45, 2.75) is 12.5 Å². The SMILES string of the molecule is O=C(Cc1cccc([N+](=O)[O-])c1)N1CCNCC1c1ccccc1Cl. The molecule has 1 aliphatic rings. The summed E-state index contributed by atoms with van der Waals surface area (Å²) in [6.07, 6.45) is 0.128. The maximum absolute atomic E-state index is 12.8. The summed E-state index contributed by atoms with van der Waals surface area (Å²) in [4.78, 5) is 25.1. The Morgan fingerprint density at radius 2 is 2.08 bits per heavy atom. The monoisotopic (exact) mass is 359 g/mol. The summed E-state index contributed by atoms with van der Waals surface area (Å²) in [5.41, 5.74) is 1.53. The lowest BCUT2D eigenvalue weighted by molar-refractivity contribution is -0.384. The Bertz CT molecular complexity index is 797. The van der Waals surface area contributed by atoms with E-state index in [2.05, 4.69) is 5.32 Å². The third-order valence-corrected chi connectivity index (χ3v) is 4.65. The number of carbonyl (C=O) groups excluding carboxylic acids is 1. The summed E-state index contributed by atoms with van der Waals surface area (Å²) >= 11 is 6.30. The topological polar surface area (TPSA) is 75.5 Å². The van der Waals surface area contributed by atoms with E-state index in [4.69, 9.17) is 11.6 Å². The minimum Gasteiger partial charge on any atom is -0.333 e. The van der Waals surface area contributed by atoms with Gasteiger partial charge in [0.1, 0.15) is 0 Å². The highest BCUT2D eigenvalue weighted by atomic mass is 35.5. The van der Waals surface area contributed by atoms with E-state index >= 15 is 0 Å². The highest BCUT2D eigenvalue weighted by Gasteiger charge is 2.29. The summed E-state index contributed by atoms with van der Waals surface area (Å²) in [6, 6.07) is 13.6. The lowest BCUT2D eigenvalue weighted by atomic mass is 10.0. The Morgan fingerprint density at radius 1 is 1.28 bits per heavy atom. The number of rotatable bonds is 4. The summed E-state index contributed by atoms with van der Waals surface area (Å²) in [7, 11) is 0. The molecule has 1 aliphatic heterocycles. The molecule has 1 heterocycles. The highest BCUT2D eigenvalue weighted by Crippen LogP contribution is 2.29. The number of hydrogen-bond acceptors (Lipinski definition) is 4. The first-order valence-corrected chi connectivity index (χ1v) is 8.42. The van der Waals surface area contributed by atoms with Crippen LogP contribution in [0.3, 0.4) is 0 Å². The molecule has 2 aromatic carbocycles. The molecule has 0 radical (unpaired) electrons. The Balaban J connectivity index is 1.81. The number of nitro benzene ring substituents is 1. The molecule has 1 N–H and O–H groups in total. The van der Waals surface area contributed by atoms with Gasteiger partial charge in [-0.1, -0.05) is 41.9 Å². The number of hydrogen-bond donors (Lipinski definition) is 1. The third-order valence-electron chi connectivity index (χ3n) is 4.30. The number of halogens is 1. The molecule has 1 unspecified atom stereocenters. The van der Waals surface area contributed by atoms with Crippen LogP contribution in [0.15, 0.2) is 48.5 Å². The molecule has 1 amide bonds. The average molecular weight is 360 g/mol. The van der Waals surface area contributed by atoms with Gasteiger partial charge in [-0.25, -0.2) is 0 Å². The maximum Gasteiger partial charge on any atom is 0.269 e.